The Morgan fingerprint density at radius 1 is 0.846 bits per heavy atom. The molecule has 2 heterocycles. The van der Waals surface area contributed by atoms with Gasteiger partial charge in [0.15, 0.2) is 0 Å². The zero-order valence-electron chi connectivity index (χ0n) is 14.5. The first-order chi connectivity index (χ1) is 12.5. The van der Waals surface area contributed by atoms with Crippen LogP contribution >= 0.6 is 0 Å². The second kappa shape index (κ2) is 6.15. The molecule has 2 amide bonds. The Morgan fingerprint density at radius 3 is 2.31 bits per heavy atom. The van der Waals surface area contributed by atoms with Crippen LogP contribution in [0.15, 0.2) is 65.1 Å². The van der Waals surface area contributed by atoms with E-state index in [1.807, 2.05) is 50.2 Å². The van der Waals surface area contributed by atoms with Gasteiger partial charge in [0, 0.05) is 11.1 Å². The first-order valence-corrected chi connectivity index (χ1v) is 8.37. The zero-order chi connectivity index (χ0) is 18.3. The Morgan fingerprint density at radius 2 is 1.62 bits per heavy atom. The van der Waals surface area contributed by atoms with Gasteiger partial charge in [-0.2, -0.15) is 0 Å². The molecule has 1 aliphatic rings. The number of rotatable bonds is 2. The normalized spacial score (nSPS) is 15.5. The lowest BCUT2D eigenvalue weighted by molar-refractivity contribution is -0.112. The van der Waals surface area contributed by atoms with Gasteiger partial charge in [-0.1, -0.05) is 30.3 Å². The lowest BCUT2D eigenvalue weighted by atomic mass is 9.92. The van der Waals surface area contributed by atoms with Crippen LogP contribution in [0.2, 0.25) is 0 Å². The van der Waals surface area contributed by atoms with E-state index in [-0.39, 0.29) is 11.8 Å². The Balaban J connectivity index is 1.91. The molecule has 0 N–H and O–H groups in total. The van der Waals surface area contributed by atoms with Gasteiger partial charge in [0.25, 0.3) is 11.8 Å². The summed E-state index contributed by atoms with van der Waals surface area (Å²) in [6.45, 7) is 3.78. The molecule has 3 aromatic rings. The third-order valence-electron chi connectivity index (χ3n) is 4.39. The highest BCUT2D eigenvalue weighted by atomic mass is 16.3. The van der Waals surface area contributed by atoms with Crippen LogP contribution in [0.4, 0.5) is 5.69 Å². The van der Waals surface area contributed by atoms with E-state index in [0.29, 0.717) is 28.1 Å². The minimum absolute atomic E-state index is 0.316. The number of aryl methyl sites for hydroxylation is 2. The molecular weight excluding hydrogens is 326 g/mol. The summed E-state index contributed by atoms with van der Waals surface area (Å²) in [6, 6.07) is 18.2. The standard InChI is InChI=1S/C22H17NO3/c1-14-6-5-7-16(12-14)23-21(24)19-9-4-3-8-18(19)20(22(23)25)13-17-11-10-15(2)26-17/h3-13H,1-2H3/b20-13+. The molecule has 0 unspecified atom stereocenters. The van der Waals surface area contributed by atoms with Crippen LogP contribution < -0.4 is 4.90 Å². The van der Waals surface area contributed by atoms with Crippen molar-refractivity contribution >= 4 is 29.2 Å². The summed E-state index contributed by atoms with van der Waals surface area (Å²) in [5.74, 6) is 0.677. The molecule has 0 radical (unpaired) electrons. The molecule has 0 fully saturated rings. The minimum Gasteiger partial charge on any atom is -0.462 e. The minimum atomic E-state index is -0.353. The molecule has 0 saturated heterocycles. The van der Waals surface area contributed by atoms with Crippen molar-refractivity contribution in [3.05, 3.63) is 88.9 Å². The molecule has 0 aliphatic carbocycles. The van der Waals surface area contributed by atoms with Crippen molar-refractivity contribution in [2.24, 2.45) is 0 Å². The van der Waals surface area contributed by atoms with Gasteiger partial charge in [-0.15, -0.1) is 0 Å². The van der Waals surface area contributed by atoms with E-state index in [0.717, 1.165) is 11.3 Å². The molecule has 2 aromatic carbocycles. The predicted octanol–water partition coefficient (Wildman–Crippen LogP) is 4.62. The summed E-state index contributed by atoms with van der Waals surface area (Å²) in [7, 11) is 0. The maximum Gasteiger partial charge on any atom is 0.266 e. The summed E-state index contributed by atoms with van der Waals surface area (Å²) >= 11 is 0. The lowest BCUT2D eigenvalue weighted by Gasteiger charge is -2.28. The third-order valence-corrected chi connectivity index (χ3v) is 4.39. The number of carbonyl (C=O) groups excluding carboxylic acids is 2. The van der Waals surface area contributed by atoms with E-state index in [1.54, 1.807) is 30.3 Å². The molecule has 1 aliphatic heterocycles. The summed E-state index contributed by atoms with van der Waals surface area (Å²) in [5.41, 5.74) is 3.12. The molecular formula is C22H17NO3. The van der Waals surface area contributed by atoms with Gasteiger partial charge in [0.05, 0.1) is 11.3 Å². The third kappa shape index (κ3) is 2.65. The van der Waals surface area contributed by atoms with Gasteiger partial charge >= 0.3 is 0 Å². The lowest BCUT2D eigenvalue weighted by Crippen LogP contribution is -2.41. The summed E-state index contributed by atoms with van der Waals surface area (Å²) in [5, 5.41) is 0. The average molecular weight is 343 g/mol. The average Bonchev–Trinajstić information content (AvgIpc) is 3.04. The molecule has 0 spiro atoms. The zero-order valence-corrected chi connectivity index (χ0v) is 14.5. The number of benzene rings is 2. The second-order valence-corrected chi connectivity index (χ2v) is 6.34. The first kappa shape index (κ1) is 16.1. The van der Waals surface area contributed by atoms with E-state index in [2.05, 4.69) is 0 Å². The van der Waals surface area contributed by atoms with Crippen LogP contribution in [0, 0.1) is 13.8 Å². The molecule has 4 rings (SSSR count). The fourth-order valence-electron chi connectivity index (χ4n) is 3.17. The van der Waals surface area contributed by atoms with Crippen LogP contribution in [0.25, 0.3) is 11.6 Å². The predicted molar refractivity (Wildman–Crippen MR) is 101 cm³/mol. The number of imide groups is 1. The summed E-state index contributed by atoms with van der Waals surface area (Å²) in [6.07, 6.45) is 1.70. The van der Waals surface area contributed by atoms with Gasteiger partial charge in [0.2, 0.25) is 0 Å². The molecule has 1 aromatic heterocycles. The van der Waals surface area contributed by atoms with Crippen molar-refractivity contribution in [2.45, 2.75) is 13.8 Å². The topological polar surface area (TPSA) is 50.5 Å². The van der Waals surface area contributed by atoms with Crippen molar-refractivity contribution in [3.8, 4) is 0 Å². The largest absolute Gasteiger partial charge is 0.462 e. The number of carbonyl (C=O) groups is 2. The number of amides is 2. The van der Waals surface area contributed by atoms with Crippen LogP contribution in [-0.4, -0.2) is 11.8 Å². The van der Waals surface area contributed by atoms with Crippen LogP contribution in [0.3, 0.4) is 0 Å². The van der Waals surface area contributed by atoms with Crippen molar-refractivity contribution < 1.29 is 14.0 Å². The highest BCUT2D eigenvalue weighted by molar-refractivity contribution is 6.43. The van der Waals surface area contributed by atoms with Crippen molar-refractivity contribution in [1.29, 1.82) is 0 Å². The van der Waals surface area contributed by atoms with Crippen LogP contribution in [0.5, 0.6) is 0 Å². The fraction of sp³-hybridized carbons (Fsp3) is 0.0909. The SMILES string of the molecule is Cc1cccc(N2C(=O)/C(=C/c3ccc(C)o3)c3ccccc3C2=O)c1. The number of nitrogens with zero attached hydrogens (tertiary/aromatic N) is 1. The fourth-order valence-corrected chi connectivity index (χ4v) is 3.17. The van der Waals surface area contributed by atoms with E-state index in [4.69, 9.17) is 4.42 Å². The van der Waals surface area contributed by atoms with E-state index >= 15 is 0 Å². The quantitative estimate of drug-likeness (QED) is 0.504. The molecule has 0 saturated carbocycles. The van der Waals surface area contributed by atoms with Crippen molar-refractivity contribution in [1.82, 2.24) is 0 Å². The number of furan rings is 1. The van der Waals surface area contributed by atoms with Crippen LogP contribution in [-0.2, 0) is 4.79 Å². The van der Waals surface area contributed by atoms with Gasteiger partial charge in [-0.25, -0.2) is 4.90 Å². The maximum atomic E-state index is 13.2. The first-order valence-electron chi connectivity index (χ1n) is 8.37. The summed E-state index contributed by atoms with van der Waals surface area (Å²) < 4.78 is 5.60. The number of fused-ring (bicyclic) bond motifs is 1. The van der Waals surface area contributed by atoms with Gasteiger partial charge in [-0.3, -0.25) is 9.59 Å². The summed E-state index contributed by atoms with van der Waals surface area (Å²) in [4.78, 5) is 27.4. The Bertz CT molecular complexity index is 1060. The van der Waals surface area contributed by atoms with E-state index in [9.17, 15) is 9.59 Å². The highest BCUT2D eigenvalue weighted by Crippen LogP contribution is 2.33. The van der Waals surface area contributed by atoms with Crippen molar-refractivity contribution in [3.63, 3.8) is 0 Å². The highest BCUT2D eigenvalue weighted by Gasteiger charge is 2.35. The Labute approximate surface area is 151 Å². The smallest absolute Gasteiger partial charge is 0.266 e. The number of hydrogen-bond donors (Lipinski definition) is 0. The monoisotopic (exact) mass is 343 g/mol. The maximum absolute atomic E-state index is 13.2. The number of anilines is 1. The van der Waals surface area contributed by atoms with Gasteiger partial charge in [-0.05, 0) is 55.8 Å². The number of hydrogen-bond acceptors (Lipinski definition) is 3. The Hall–Kier alpha value is -3.40. The second-order valence-electron chi connectivity index (χ2n) is 6.34. The molecule has 4 heteroatoms. The van der Waals surface area contributed by atoms with E-state index in [1.165, 1.54) is 4.90 Å². The molecule has 0 bridgehead atoms. The van der Waals surface area contributed by atoms with Gasteiger partial charge < -0.3 is 4.42 Å². The van der Waals surface area contributed by atoms with Gasteiger partial charge in [0.1, 0.15) is 11.5 Å². The molecule has 4 nitrogen and oxygen atoms in total. The van der Waals surface area contributed by atoms with Crippen molar-refractivity contribution in [2.75, 3.05) is 4.90 Å². The molecule has 0 atom stereocenters. The molecule has 26 heavy (non-hydrogen) atoms. The molecule has 128 valence electrons. The van der Waals surface area contributed by atoms with E-state index < -0.39 is 0 Å². The Kier molecular flexibility index (Phi) is 3.81. The van der Waals surface area contributed by atoms with Crippen LogP contribution in [0.1, 0.15) is 33.0 Å².